The summed E-state index contributed by atoms with van der Waals surface area (Å²) in [5.41, 5.74) is 2.53. The Labute approximate surface area is 163 Å². The largest absolute Gasteiger partial charge is 0.454 e. The third-order valence-corrected chi connectivity index (χ3v) is 6.75. The first-order valence-corrected chi connectivity index (χ1v) is 10.3. The third kappa shape index (κ3) is 3.39. The van der Waals surface area contributed by atoms with E-state index in [9.17, 15) is 4.79 Å². The number of thioether (sulfide) groups is 1. The maximum atomic E-state index is 12.9. The molecule has 140 valence electrons. The highest BCUT2D eigenvalue weighted by Crippen LogP contribution is 2.38. The second kappa shape index (κ2) is 7.09. The lowest BCUT2D eigenvalue weighted by molar-refractivity contribution is -0.132. The molecule has 1 atom stereocenters. The summed E-state index contributed by atoms with van der Waals surface area (Å²) in [5, 5.41) is 0.0443. The van der Waals surface area contributed by atoms with Gasteiger partial charge in [-0.25, -0.2) is 0 Å². The molecule has 1 amide bonds. The van der Waals surface area contributed by atoms with Crippen LogP contribution in [0.5, 0.6) is 11.5 Å². The zero-order valence-electron chi connectivity index (χ0n) is 15.1. The monoisotopic (exact) mass is 382 g/mol. The van der Waals surface area contributed by atoms with Gasteiger partial charge < -0.3 is 14.4 Å². The first-order valence-electron chi connectivity index (χ1n) is 9.40. The summed E-state index contributed by atoms with van der Waals surface area (Å²) in [6.45, 7) is 4.60. The van der Waals surface area contributed by atoms with Gasteiger partial charge in [-0.05, 0) is 35.7 Å². The Hall–Kier alpha value is -2.18. The molecule has 5 nitrogen and oxygen atoms in total. The van der Waals surface area contributed by atoms with Gasteiger partial charge in [0.15, 0.2) is 11.5 Å². The molecule has 3 aliphatic heterocycles. The number of carbonyl (C=O) groups excluding carboxylic acids is 1. The lowest BCUT2D eigenvalue weighted by Crippen LogP contribution is -2.50. The zero-order valence-corrected chi connectivity index (χ0v) is 15.9. The zero-order chi connectivity index (χ0) is 18.2. The number of hydrogen-bond acceptors (Lipinski definition) is 5. The first kappa shape index (κ1) is 17.0. The predicted molar refractivity (Wildman–Crippen MR) is 104 cm³/mol. The van der Waals surface area contributed by atoms with Crippen LogP contribution in [0.1, 0.15) is 11.1 Å². The SMILES string of the molecule is O=C(C1Cc2ccccc2S1)N1CCN(Cc2ccc3c(c2)OCO3)CC1. The molecule has 3 heterocycles. The molecule has 6 heteroatoms. The van der Waals surface area contributed by atoms with E-state index in [0.29, 0.717) is 12.7 Å². The van der Waals surface area contributed by atoms with E-state index < -0.39 is 0 Å². The van der Waals surface area contributed by atoms with E-state index in [2.05, 4.69) is 35.2 Å². The minimum atomic E-state index is 0.0443. The van der Waals surface area contributed by atoms with Crippen molar-refractivity contribution in [1.82, 2.24) is 9.80 Å². The molecule has 3 aliphatic rings. The van der Waals surface area contributed by atoms with Gasteiger partial charge >= 0.3 is 0 Å². The normalized spacial score (nSPS) is 21.3. The number of amides is 1. The Morgan fingerprint density at radius 3 is 2.70 bits per heavy atom. The van der Waals surface area contributed by atoms with E-state index in [1.807, 2.05) is 17.0 Å². The Bertz CT molecular complexity index is 839. The molecular formula is C21H22N2O3S. The Morgan fingerprint density at radius 2 is 1.85 bits per heavy atom. The van der Waals surface area contributed by atoms with Crippen LogP contribution in [0.15, 0.2) is 47.4 Å². The van der Waals surface area contributed by atoms with Crippen LogP contribution < -0.4 is 9.47 Å². The summed E-state index contributed by atoms with van der Waals surface area (Å²) >= 11 is 1.72. The molecule has 2 aromatic carbocycles. The number of rotatable bonds is 3. The Morgan fingerprint density at radius 1 is 1.04 bits per heavy atom. The minimum Gasteiger partial charge on any atom is -0.454 e. The molecule has 1 saturated heterocycles. The number of nitrogens with zero attached hydrogens (tertiary/aromatic N) is 2. The second-order valence-electron chi connectivity index (χ2n) is 7.21. The molecule has 0 bridgehead atoms. The number of ether oxygens (including phenoxy) is 2. The highest BCUT2D eigenvalue weighted by molar-refractivity contribution is 8.01. The van der Waals surface area contributed by atoms with Crippen LogP contribution in [-0.2, 0) is 17.8 Å². The standard InChI is InChI=1S/C21H22N2O3S/c24-21(20-12-16-3-1-2-4-19(16)27-20)23-9-7-22(8-10-23)13-15-5-6-17-18(11-15)26-14-25-17/h1-6,11,20H,7-10,12-14H2. The molecule has 0 saturated carbocycles. The van der Waals surface area contributed by atoms with Gasteiger partial charge in [-0.15, -0.1) is 11.8 Å². The van der Waals surface area contributed by atoms with Gasteiger partial charge in [-0.3, -0.25) is 9.69 Å². The van der Waals surface area contributed by atoms with Gasteiger partial charge in [0, 0.05) is 37.6 Å². The van der Waals surface area contributed by atoms with Crippen LogP contribution in [-0.4, -0.2) is 53.9 Å². The fourth-order valence-electron chi connectivity index (χ4n) is 3.95. The van der Waals surface area contributed by atoms with Crippen molar-refractivity contribution in [2.45, 2.75) is 23.1 Å². The van der Waals surface area contributed by atoms with Crippen LogP contribution in [0.2, 0.25) is 0 Å². The van der Waals surface area contributed by atoms with E-state index in [1.54, 1.807) is 11.8 Å². The van der Waals surface area contributed by atoms with Crippen molar-refractivity contribution >= 4 is 17.7 Å². The summed E-state index contributed by atoms with van der Waals surface area (Å²) in [6.07, 6.45) is 0.858. The fourth-order valence-corrected chi connectivity index (χ4v) is 5.23. The Balaban J connectivity index is 1.16. The maximum absolute atomic E-state index is 12.9. The summed E-state index contributed by atoms with van der Waals surface area (Å²) in [4.78, 5) is 18.6. The highest BCUT2D eigenvalue weighted by Gasteiger charge is 2.32. The lowest BCUT2D eigenvalue weighted by atomic mass is 10.1. The van der Waals surface area contributed by atoms with E-state index in [-0.39, 0.29) is 5.25 Å². The van der Waals surface area contributed by atoms with Gasteiger partial charge in [0.05, 0.1) is 5.25 Å². The number of hydrogen-bond donors (Lipinski definition) is 0. The molecule has 0 spiro atoms. The van der Waals surface area contributed by atoms with Crippen LogP contribution in [0.3, 0.4) is 0 Å². The number of piperazine rings is 1. The molecule has 0 aliphatic carbocycles. The average molecular weight is 382 g/mol. The van der Waals surface area contributed by atoms with Gasteiger partial charge in [0.2, 0.25) is 12.7 Å². The van der Waals surface area contributed by atoms with E-state index in [0.717, 1.165) is 50.6 Å². The summed E-state index contributed by atoms with van der Waals surface area (Å²) in [7, 11) is 0. The minimum absolute atomic E-state index is 0.0443. The molecule has 1 unspecified atom stereocenters. The lowest BCUT2D eigenvalue weighted by Gasteiger charge is -2.35. The quantitative estimate of drug-likeness (QED) is 0.817. The van der Waals surface area contributed by atoms with Gasteiger partial charge in [-0.1, -0.05) is 24.3 Å². The van der Waals surface area contributed by atoms with Crippen molar-refractivity contribution < 1.29 is 14.3 Å². The molecule has 5 rings (SSSR count). The summed E-state index contributed by atoms with van der Waals surface area (Å²) < 4.78 is 10.8. The molecule has 2 aromatic rings. The topological polar surface area (TPSA) is 42.0 Å². The average Bonchev–Trinajstić information content (AvgIpc) is 3.34. The number of carbonyl (C=O) groups is 1. The summed E-state index contributed by atoms with van der Waals surface area (Å²) in [5.74, 6) is 1.95. The highest BCUT2D eigenvalue weighted by atomic mass is 32.2. The van der Waals surface area contributed by atoms with Crippen molar-refractivity contribution in [3.05, 3.63) is 53.6 Å². The van der Waals surface area contributed by atoms with E-state index in [1.165, 1.54) is 16.0 Å². The smallest absolute Gasteiger partial charge is 0.236 e. The van der Waals surface area contributed by atoms with E-state index in [4.69, 9.17) is 9.47 Å². The molecule has 0 radical (unpaired) electrons. The van der Waals surface area contributed by atoms with Gasteiger partial charge in [0.25, 0.3) is 0 Å². The second-order valence-corrected chi connectivity index (χ2v) is 8.45. The molecule has 0 aromatic heterocycles. The third-order valence-electron chi connectivity index (χ3n) is 5.45. The van der Waals surface area contributed by atoms with E-state index >= 15 is 0 Å². The van der Waals surface area contributed by atoms with Crippen molar-refractivity contribution in [2.75, 3.05) is 33.0 Å². The molecule has 0 N–H and O–H groups in total. The van der Waals surface area contributed by atoms with Crippen LogP contribution in [0.25, 0.3) is 0 Å². The van der Waals surface area contributed by atoms with Crippen LogP contribution in [0.4, 0.5) is 0 Å². The van der Waals surface area contributed by atoms with Gasteiger partial charge in [0.1, 0.15) is 0 Å². The fraction of sp³-hybridized carbons (Fsp3) is 0.381. The van der Waals surface area contributed by atoms with Crippen molar-refractivity contribution in [3.8, 4) is 11.5 Å². The summed E-state index contributed by atoms with van der Waals surface area (Å²) in [6, 6.07) is 14.5. The van der Waals surface area contributed by atoms with Crippen molar-refractivity contribution in [2.24, 2.45) is 0 Å². The van der Waals surface area contributed by atoms with Crippen molar-refractivity contribution in [3.63, 3.8) is 0 Å². The van der Waals surface area contributed by atoms with Gasteiger partial charge in [-0.2, -0.15) is 0 Å². The van der Waals surface area contributed by atoms with Crippen LogP contribution >= 0.6 is 11.8 Å². The molecule has 1 fully saturated rings. The predicted octanol–water partition coefficient (Wildman–Crippen LogP) is 2.78. The number of benzene rings is 2. The number of fused-ring (bicyclic) bond motifs is 2. The maximum Gasteiger partial charge on any atom is 0.236 e. The molecular weight excluding hydrogens is 360 g/mol. The Kier molecular flexibility index (Phi) is 4.45. The van der Waals surface area contributed by atoms with Crippen LogP contribution in [0, 0.1) is 0 Å². The first-order chi connectivity index (χ1) is 13.3. The molecule has 27 heavy (non-hydrogen) atoms. The van der Waals surface area contributed by atoms with Crippen molar-refractivity contribution in [1.29, 1.82) is 0 Å².